The first-order chi connectivity index (χ1) is 13.9. The minimum atomic E-state index is -8.28. The third-order valence-corrected chi connectivity index (χ3v) is 4.16. The van der Waals surface area contributed by atoms with Gasteiger partial charge in [0.2, 0.25) is 0 Å². The highest BCUT2D eigenvalue weighted by atomic mass is 35.5. The number of nitrogens with one attached hydrogen (secondary N) is 1. The Bertz CT molecular complexity index is 847. The van der Waals surface area contributed by atoms with E-state index in [0.717, 1.165) is 29.6 Å². The molecule has 1 amide bonds. The quantitative estimate of drug-likeness (QED) is 0.305. The van der Waals surface area contributed by atoms with E-state index < -0.39 is 52.5 Å². The van der Waals surface area contributed by atoms with Gasteiger partial charge in [0.15, 0.2) is 0 Å². The fourth-order valence-corrected chi connectivity index (χ4v) is 2.07. The van der Waals surface area contributed by atoms with Crippen LogP contribution in [0.25, 0.3) is 0 Å². The van der Waals surface area contributed by atoms with Gasteiger partial charge in [0, 0.05) is 5.69 Å². The van der Waals surface area contributed by atoms with Crippen LogP contribution >= 0.6 is 11.6 Å². The number of hydrogen-bond acceptors (Lipinski definition) is 1. The standard InChI is InChI=1S/C15H8ClF14NO/c1-6-2-4-7(5-3-6)31-8(32)9(17,18)10(19,20)11(21,22)12(23,24)13(25,26)14(27,28)15(16,29)30/h2-5H,1H3,(H,31,32). The summed E-state index contributed by atoms with van der Waals surface area (Å²) in [5, 5.41) is -5.80. The van der Waals surface area contributed by atoms with E-state index in [0.29, 0.717) is 5.56 Å². The van der Waals surface area contributed by atoms with E-state index in [4.69, 9.17) is 0 Å². The molecule has 1 aromatic rings. The van der Waals surface area contributed by atoms with Crippen LogP contribution in [0.1, 0.15) is 5.56 Å². The van der Waals surface area contributed by atoms with Gasteiger partial charge in [0.1, 0.15) is 0 Å². The molecule has 0 saturated heterocycles. The van der Waals surface area contributed by atoms with Crippen molar-refractivity contribution in [3.05, 3.63) is 29.8 Å². The molecular weight excluding hydrogens is 512 g/mol. The highest BCUT2D eigenvalue weighted by molar-refractivity contribution is 6.22. The Morgan fingerprint density at radius 2 is 1.00 bits per heavy atom. The molecule has 0 aliphatic heterocycles. The summed E-state index contributed by atoms with van der Waals surface area (Å²) in [5.41, 5.74) is -0.365. The average Bonchev–Trinajstić information content (AvgIpc) is 2.61. The van der Waals surface area contributed by atoms with E-state index in [9.17, 15) is 66.3 Å². The second kappa shape index (κ2) is 7.80. The lowest BCUT2D eigenvalue weighted by Gasteiger charge is -2.41. The maximum Gasteiger partial charge on any atom is 0.393 e. The summed E-state index contributed by atoms with van der Waals surface area (Å²) in [6.07, 6.45) is 0. The van der Waals surface area contributed by atoms with Crippen LogP contribution in [0.5, 0.6) is 0 Å². The summed E-state index contributed by atoms with van der Waals surface area (Å²) < 4.78 is 186. The number of carbonyl (C=O) groups is 1. The molecular formula is C15H8ClF14NO. The smallest absolute Gasteiger partial charge is 0.321 e. The van der Waals surface area contributed by atoms with E-state index in [1.54, 1.807) is 0 Å². The van der Waals surface area contributed by atoms with Gasteiger partial charge < -0.3 is 5.32 Å². The van der Waals surface area contributed by atoms with Gasteiger partial charge in [0.25, 0.3) is 0 Å². The molecule has 0 aliphatic carbocycles. The van der Waals surface area contributed by atoms with Crippen molar-refractivity contribution in [2.45, 2.75) is 47.8 Å². The predicted molar refractivity (Wildman–Crippen MR) is 80.3 cm³/mol. The second-order valence-electron chi connectivity index (χ2n) is 6.26. The van der Waals surface area contributed by atoms with Crippen molar-refractivity contribution in [1.82, 2.24) is 0 Å². The van der Waals surface area contributed by atoms with Gasteiger partial charge in [-0.3, -0.25) is 4.79 Å². The highest BCUT2D eigenvalue weighted by Gasteiger charge is 2.93. The first-order valence-corrected chi connectivity index (χ1v) is 7.99. The third kappa shape index (κ3) is 3.94. The van der Waals surface area contributed by atoms with Gasteiger partial charge in [-0.05, 0) is 30.7 Å². The lowest BCUT2D eigenvalue weighted by Crippen LogP contribution is -2.73. The van der Waals surface area contributed by atoms with Crippen molar-refractivity contribution in [1.29, 1.82) is 0 Å². The van der Waals surface area contributed by atoms with Crippen LogP contribution in [0.4, 0.5) is 67.2 Å². The van der Waals surface area contributed by atoms with Gasteiger partial charge in [-0.2, -0.15) is 61.5 Å². The van der Waals surface area contributed by atoms with Gasteiger partial charge in [0.05, 0.1) is 0 Å². The van der Waals surface area contributed by atoms with Crippen molar-refractivity contribution in [2.75, 3.05) is 5.32 Å². The molecule has 0 bridgehead atoms. The summed E-state index contributed by atoms with van der Waals surface area (Å²) in [6, 6.07) is 3.66. The maximum absolute atomic E-state index is 13.7. The van der Waals surface area contributed by atoms with Crippen molar-refractivity contribution in [3.8, 4) is 0 Å². The summed E-state index contributed by atoms with van der Waals surface area (Å²) in [7, 11) is 0. The molecule has 0 saturated carbocycles. The van der Waals surface area contributed by atoms with Crippen LogP contribution in [0.3, 0.4) is 0 Å². The minimum Gasteiger partial charge on any atom is -0.321 e. The number of anilines is 1. The summed E-state index contributed by atoms with van der Waals surface area (Å²) in [4.78, 5) is 11.3. The second-order valence-corrected chi connectivity index (χ2v) is 6.74. The first-order valence-electron chi connectivity index (χ1n) is 7.61. The molecule has 0 unspecified atom stereocenters. The molecule has 1 N–H and O–H groups in total. The molecule has 2 nitrogen and oxygen atoms in total. The molecule has 0 heterocycles. The molecule has 32 heavy (non-hydrogen) atoms. The zero-order valence-electron chi connectivity index (χ0n) is 14.9. The van der Waals surface area contributed by atoms with Crippen LogP contribution in [0.2, 0.25) is 0 Å². The number of rotatable bonds is 8. The number of amides is 1. The predicted octanol–water partition coefficient (Wildman–Crippen LogP) is 6.58. The summed E-state index contributed by atoms with van der Waals surface area (Å²) >= 11 is 3.48. The number of benzene rings is 1. The Morgan fingerprint density at radius 3 is 1.38 bits per heavy atom. The Hall–Kier alpha value is -2.00. The Morgan fingerprint density at radius 1 is 0.656 bits per heavy atom. The molecule has 0 aromatic heterocycles. The third-order valence-electron chi connectivity index (χ3n) is 3.92. The number of hydrogen-bond donors (Lipinski definition) is 1. The SMILES string of the molecule is Cc1ccc(NC(=O)C(F)(F)C(F)(F)C(F)(F)C(F)(F)C(F)(F)C(F)(F)C(F)(F)Cl)cc1. The largest absolute Gasteiger partial charge is 0.393 e. The van der Waals surface area contributed by atoms with Crippen LogP contribution in [-0.2, 0) is 4.79 Å². The number of carbonyl (C=O) groups excluding carboxylic acids is 1. The number of alkyl halides is 15. The van der Waals surface area contributed by atoms with E-state index in [2.05, 4.69) is 11.6 Å². The van der Waals surface area contributed by atoms with Crippen molar-refractivity contribution in [3.63, 3.8) is 0 Å². The van der Waals surface area contributed by atoms with E-state index in [1.807, 2.05) is 0 Å². The molecule has 1 aromatic carbocycles. The molecule has 184 valence electrons. The lowest BCUT2D eigenvalue weighted by atomic mass is 9.91. The van der Waals surface area contributed by atoms with Crippen LogP contribution in [0.15, 0.2) is 24.3 Å². The molecule has 0 spiro atoms. The maximum atomic E-state index is 13.7. The van der Waals surface area contributed by atoms with E-state index in [1.165, 1.54) is 6.92 Å². The van der Waals surface area contributed by atoms with E-state index >= 15 is 0 Å². The molecule has 0 aliphatic rings. The fourth-order valence-electron chi connectivity index (χ4n) is 1.96. The fraction of sp³-hybridized carbons (Fsp3) is 0.533. The number of halogens is 15. The van der Waals surface area contributed by atoms with Gasteiger partial charge in [-0.1, -0.05) is 17.7 Å². The van der Waals surface area contributed by atoms with Crippen LogP contribution < -0.4 is 5.32 Å². The van der Waals surface area contributed by atoms with Crippen LogP contribution in [-0.4, -0.2) is 46.8 Å². The molecule has 17 heteroatoms. The van der Waals surface area contributed by atoms with Crippen molar-refractivity contribution < 1.29 is 66.3 Å². The number of aryl methyl sites for hydroxylation is 1. The van der Waals surface area contributed by atoms with Gasteiger partial charge in [-0.25, -0.2) is 0 Å². The molecule has 1 rings (SSSR count). The van der Waals surface area contributed by atoms with Crippen molar-refractivity contribution >= 4 is 23.2 Å². The summed E-state index contributed by atoms with van der Waals surface area (Å²) in [6.45, 7) is 1.41. The normalized spacial score (nSPS) is 15.0. The average molecular weight is 520 g/mol. The zero-order valence-corrected chi connectivity index (χ0v) is 15.6. The Balaban J connectivity index is 3.47. The Labute approximate surface area is 173 Å². The van der Waals surface area contributed by atoms with E-state index in [-0.39, 0.29) is 0 Å². The molecule has 0 fully saturated rings. The van der Waals surface area contributed by atoms with Gasteiger partial charge in [-0.15, -0.1) is 0 Å². The molecule has 0 atom stereocenters. The van der Waals surface area contributed by atoms with Crippen molar-refractivity contribution in [2.24, 2.45) is 0 Å². The van der Waals surface area contributed by atoms with Crippen LogP contribution in [0, 0.1) is 6.92 Å². The monoisotopic (exact) mass is 519 g/mol. The lowest BCUT2D eigenvalue weighted by molar-refractivity contribution is -0.431. The highest BCUT2D eigenvalue weighted by Crippen LogP contribution is 2.62. The Kier molecular flexibility index (Phi) is 6.83. The first kappa shape index (κ1) is 28.0. The summed E-state index contributed by atoms with van der Waals surface area (Å²) in [5.74, 6) is -50.4. The topological polar surface area (TPSA) is 29.1 Å². The zero-order chi connectivity index (χ0) is 25.8. The van der Waals surface area contributed by atoms with Gasteiger partial charge >= 0.3 is 46.8 Å². The minimum absolute atomic E-state index is 0.408. The molecule has 0 radical (unpaired) electrons.